The molecular weight excluding hydrogens is 195 g/mol. The van der Waals surface area contributed by atoms with Crippen molar-refractivity contribution in [2.45, 2.75) is 0 Å². The summed E-state index contributed by atoms with van der Waals surface area (Å²) in [6, 6.07) is 6.06. The average molecular weight is 206 g/mol. The second-order valence-corrected chi connectivity index (χ2v) is 2.79. The third-order valence-corrected chi connectivity index (χ3v) is 1.70. The van der Waals surface area contributed by atoms with E-state index in [0.29, 0.717) is 0 Å². The first-order valence-electron chi connectivity index (χ1n) is 4.40. The fourth-order valence-corrected chi connectivity index (χ4v) is 0.943. The van der Waals surface area contributed by atoms with Crippen LogP contribution in [0.25, 0.3) is 6.08 Å². The molecule has 0 radical (unpaired) electrons. The van der Waals surface area contributed by atoms with Gasteiger partial charge in [0.2, 0.25) is 0 Å². The maximum Gasteiger partial charge on any atom is 0.330 e. The van der Waals surface area contributed by atoms with Gasteiger partial charge in [0.15, 0.2) is 0 Å². The number of halogens is 1. The first-order chi connectivity index (χ1) is 7.22. The minimum absolute atomic E-state index is 0.266. The first-order valence-corrected chi connectivity index (χ1v) is 4.40. The van der Waals surface area contributed by atoms with E-state index in [9.17, 15) is 9.18 Å². The predicted molar refractivity (Wildman–Crippen MR) is 56.6 cm³/mol. The van der Waals surface area contributed by atoms with Gasteiger partial charge >= 0.3 is 5.97 Å². The summed E-state index contributed by atoms with van der Waals surface area (Å²) in [4.78, 5) is 10.7. The minimum atomic E-state index is -0.404. The van der Waals surface area contributed by atoms with Crippen molar-refractivity contribution in [3.63, 3.8) is 0 Å². The standard InChI is InChI=1S/C12H11FO2/c1-15-12(14)5-3-2-4-10-6-8-11(13)9-7-10/h2-9H,1H3/b4-2+,5-3+. The van der Waals surface area contributed by atoms with Crippen LogP contribution in [0.4, 0.5) is 4.39 Å². The van der Waals surface area contributed by atoms with Crippen molar-refractivity contribution in [2.75, 3.05) is 7.11 Å². The number of hydrogen-bond donors (Lipinski definition) is 0. The lowest BCUT2D eigenvalue weighted by atomic mass is 10.2. The molecular formula is C12H11FO2. The molecule has 0 fully saturated rings. The Morgan fingerprint density at radius 3 is 2.53 bits per heavy atom. The zero-order valence-corrected chi connectivity index (χ0v) is 8.31. The number of benzene rings is 1. The molecule has 0 saturated carbocycles. The summed E-state index contributed by atoms with van der Waals surface area (Å²) in [5.41, 5.74) is 0.867. The highest BCUT2D eigenvalue weighted by atomic mass is 19.1. The Hall–Kier alpha value is -1.90. The van der Waals surface area contributed by atoms with Crippen LogP contribution < -0.4 is 0 Å². The van der Waals surface area contributed by atoms with Crippen molar-refractivity contribution in [1.29, 1.82) is 0 Å². The van der Waals surface area contributed by atoms with Gasteiger partial charge in [0.05, 0.1) is 7.11 Å². The Bertz CT molecular complexity index is 377. The lowest BCUT2D eigenvalue weighted by molar-refractivity contribution is -0.134. The molecule has 0 N–H and O–H groups in total. The Morgan fingerprint density at radius 1 is 1.27 bits per heavy atom. The second kappa shape index (κ2) is 5.75. The Morgan fingerprint density at radius 2 is 1.93 bits per heavy atom. The van der Waals surface area contributed by atoms with Crippen LogP contribution in [0.5, 0.6) is 0 Å². The molecule has 0 unspecified atom stereocenters. The smallest absolute Gasteiger partial charge is 0.330 e. The number of methoxy groups -OCH3 is 1. The van der Waals surface area contributed by atoms with Gasteiger partial charge in [0.25, 0.3) is 0 Å². The summed E-state index contributed by atoms with van der Waals surface area (Å²) >= 11 is 0. The van der Waals surface area contributed by atoms with Crippen molar-refractivity contribution in [2.24, 2.45) is 0 Å². The second-order valence-electron chi connectivity index (χ2n) is 2.79. The number of rotatable bonds is 3. The lowest BCUT2D eigenvalue weighted by Crippen LogP contribution is -1.92. The van der Waals surface area contributed by atoms with E-state index in [1.165, 1.54) is 25.3 Å². The number of carbonyl (C=O) groups excluding carboxylic acids is 1. The quantitative estimate of drug-likeness (QED) is 0.431. The minimum Gasteiger partial charge on any atom is -0.466 e. The zero-order chi connectivity index (χ0) is 11.1. The van der Waals surface area contributed by atoms with Crippen molar-refractivity contribution >= 4 is 12.0 Å². The Kier molecular flexibility index (Phi) is 4.29. The number of esters is 1. The van der Waals surface area contributed by atoms with E-state index in [2.05, 4.69) is 4.74 Å². The fourth-order valence-electron chi connectivity index (χ4n) is 0.943. The van der Waals surface area contributed by atoms with Gasteiger partial charge < -0.3 is 4.74 Å². The summed E-state index contributed by atoms with van der Waals surface area (Å²) in [6.07, 6.45) is 6.32. The largest absolute Gasteiger partial charge is 0.466 e. The van der Waals surface area contributed by atoms with Crippen LogP contribution in [0.3, 0.4) is 0 Å². The van der Waals surface area contributed by atoms with Crippen LogP contribution in [-0.4, -0.2) is 13.1 Å². The van der Waals surface area contributed by atoms with Crippen LogP contribution in [-0.2, 0) is 9.53 Å². The van der Waals surface area contributed by atoms with Crippen LogP contribution in [0.2, 0.25) is 0 Å². The molecule has 0 aliphatic heterocycles. The van der Waals surface area contributed by atoms with E-state index in [0.717, 1.165) is 5.56 Å². The van der Waals surface area contributed by atoms with Crippen LogP contribution in [0, 0.1) is 5.82 Å². The molecule has 0 bridgehead atoms. The van der Waals surface area contributed by atoms with Crippen molar-refractivity contribution < 1.29 is 13.9 Å². The topological polar surface area (TPSA) is 26.3 Å². The maximum absolute atomic E-state index is 12.5. The van der Waals surface area contributed by atoms with Crippen molar-refractivity contribution in [3.05, 3.63) is 53.9 Å². The molecule has 0 saturated heterocycles. The molecule has 0 aromatic heterocycles. The molecule has 1 rings (SSSR count). The molecule has 0 heterocycles. The van der Waals surface area contributed by atoms with Gasteiger partial charge in [-0.05, 0) is 17.7 Å². The van der Waals surface area contributed by atoms with E-state index >= 15 is 0 Å². The predicted octanol–water partition coefficient (Wildman–Crippen LogP) is 2.57. The molecule has 0 atom stereocenters. The number of hydrogen-bond acceptors (Lipinski definition) is 2. The van der Waals surface area contributed by atoms with Crippen molar-refractivity contribution in [1.82, 2.24) is 0 Å². The van der Waals surface area contributed by atoms with Crippen LogP contribution >= 0.6 is 0 Å². The highest BCUT2D eigenvalue weighted by Gasteiger charge is 1.88. The summed E-state index contributed by atoms with van der Waals surface area (Å²) in [6.45, 7) is 0. The normalized spacial score (nSPS) is 11.1. The molecule has 1 aromatic carbocycles. The third-order valence-electron chi connectivity index (χ3n) is 1.70. The SMILES string of the molecule is COC(=O)/C=C/C=C/c1ccc(F)cc1. The monoisotopic (exact) mass is 206 g/mol. The van der Waals surface area contributed by atoms with Gasteiger partial charge in [-0.3, -0.25) is 0 Å². The summed E-state index contributed by atoms with van der Waals surface area (Å²) in [5.74, 6) is -0.670. The van der Waals surface area contributed by atoms with Gasteiger partial charge in [0, 0.05) is 6.08 Å². The molecule has 78 valence electrons. The molecule has 3 heteroatoms. The molecule has 1 aromatic rings. The third kappa shape index (κ3) is 4.22. The number of carbonyl (C=O) groups is 1. The molecule has 15 heavy (non-hydrogen) atoms. The Labute approximate surface area is 87.7 Å². The van der Waals surface area contributed by atoms with E-state index in [1.807, 2.05) is 0 Å². The summed E-state index contributed by atoms with van der Waals surface area (Å²) in [5, 5.41) is 0. The zero-order valence-electron chi connectivity index (χ0n) is 8.31. The van der Waals surface area contributed by atoms with E-state index in [-0.39, 0.29) is 5.82 Å². The molecule has 0 aliphatic carbocycles. The number of ether oxygens (including phenoxy) is 1. The van der Waals surface area contributed by atoms with Gasteiger partial charge in [-0.1, -0.05) is 30.4 Å². The van der Waals surface area contributed by atoms with Crippen LogP contribution in [0.15, 0.2) is 42.5 Å². The maximum atomic E-state index is 12.5. The highest BCUT2D eigenvalue weighted by Crippen LogP contribution is 2.04. The van der Waals surface area contributed by atoms with Gasteiger partial charge in [-0.2, -0.15) is 0 Å². The average Bonchev–Trinajstić information content (AvgIpc) is 2.26. The van der Waals surface area contributed by atoms with Crippen molar-refractivity contribution in [3.8, 4) is 0 Å². The van der Waals surface area contributed by atoms with Gasteiger partial charge in [-0.25, -0.2) is 9.18 Å². The van der Waals surface area contributed by atoms with E-state index in [4.69, 9.17) is 0 Å². The molecule has 0 aliphatic rings. The first kappa shape index (κ1) is 11.2. The van der Waals surface area contributed by atoms with Gasteiger partial charge in [-0.15, -0.1) is 0 Å². The highest BCUT2D eigenvalue weighted by molar-refractivity contribution is 5.82. The lowest BCUT2D eigenvalue weighted by Gasteiger charge is -1.91. The summed E-state index contributed by atoms with van der Waals surface area (Å²) in [7, 11) is 1.32. The van der Waals surface area contributed by atoms with E-state index < -0.39 is 5.97 Å². The molecule has 2 nitrogen and oxygen atoms in total. The fraction of sp³-hybridized carbons (Fsp3) is 0.0833. The Balaban J connectivity index is 2.55. The molecule has 0 spiro atoms. The number of allylic oxidation sites excluding steroid dienone is 2. The molecule has 0 amide bonds. The van der Waals surface area contributed by atoms with Crippen LogP contribution in [0.1, 0.15) is 5.56 Å². The van der Waals surface area contributed by atoms with Gasteiger partial charge in [0.1, 0.15) is 5.82 Å². The summed E-state index contributed by atoms with van der Waals surface area (Å²) < 4.78 is 16.9. The van der Waals surface area contributed by atoms with E-state index in [1.54, 1.807) is 30.4 Å².